The molecular formula is C11H7BrO2. The second-order valence-electron chi connectivity index (χ2n) is 3.27. The highest BCUT2D eigenvalue weighted by atomic mass is 79.9. The van der Waals surface area contributed by atoms with E-state index < -0.39 is 0 Å². The molecule has 0 spiro atoms. The maximum absolute atomic E-state index is 5.44. The quantitative estimate of drug-likeness (QED) is 0.597. The van der Waals surface area contributed by atoms with Crippen LogP contribution in [0.5, 0.6) is 0 Å². The molecule has 14 heavy (non-hydrogen) atoms. The third kappa shape index (κ3) is 0.852. The third-order valence-corrected chi connectivity index (χ3v) is 3.30. The Balaban J connectivity index is 2.72. The van der Waals surface area contributed by atoms with Gasteiger partial charge < -0.3 is 8.83 Å². The SMILES string of the molecule is Cc1c2ccoc2c(Br)c2ccoc12. The van der Waals surface area contributed by atoms with E-state index in [1.54, 1.807) is 12.5 Å². The van der Waals surface area contributed by atoms with Gasteiger partial charge in [-0.2, -0.15) is 0 Å². The number of aryl methyl sites for hydroxylation is 1. The van der Waals surface area contributed by atoms with Crippen LogP contribution < -0.4 is 0 Å². The highest BCUT2D eigenvalue weighted by molar-refractivity contribution is 9.10. The molecule has 0 aliphatic carbocycles. The fourth-order valence-corrected chi connectivity index (χ4v) is 2.41. The number of hydrogen-bond donors (Lipinski definition) is 0. The van der Waals surface area contributed by atoms with Crippen molar-refractivity contribution in [1.82, 2.24) is 0 Å². The number of fused-ring (bicyclic) bond motifs is 2. The van der Waals surface area contributed by atoms with Crippen LogP contribution >= 0.6 is 15.9 Å². The van der Waals surface area contributed by atoms with Crippen LogP contribution in [0.2, 0.25) is 0 Å². The largest absolute Gasteiger partial charge is 0.464 e. The molecule has 0 saturated carbocycles. The zero-order valence-corrected chi connectivity index (χ0v) is 9.09. The third-order valence-electron chi connectivity index (χ3n) is 2.51. The summed E-state index contributed by atoms with van der Waals surface area (Å²) in [5.41, 5.74) is 2.93. The van der Waals surface area contributed by atoms with Crippen molar-refractivity contribution in [3.8, 4) is 0 Å². The van der Waals surface area contributed by atoms with Crippen molar-refractivity contribution in [2.75, 3.05) is 0 Å². The van der Waals surface area contributed by atoms with Crippen LogP contribution in [0.4, 0.5) is 0 Å². The van der Waals surface area contributed by atoms with Crippen molar-refractivity contribution in [3.05, 3.63) is 34.7 Å². The number of furan rings is 2. The molecule has 0 bridgehead atoms. The molecule has 0 saturated heterocycles. The van der Waals surface area contributed by atoms with Crippen LogP contribution in [0.1, 0.15) is 5.56 Å². The van der Waals surface area contributed by atoms with Crippen molar-refractivity contribution in [2.24, 2.45) is 0 Å². The molecule has 0 radical (unpaired) electrons. The number of halogens is 1. The Morgan fingerprint density at radius 3 is 2.43 bits per heavy atom. The van der Waals surface area contributed by atoms with Gasteiger partial charge in [0.25, 0.3) is 0 Å². The summed E-state index contributed by atoms with van der Waals surface area (Å²) in [5.74, 6) is 0. The molecule has 2 aromatic heterocycles. The molecule has 0 aliphatic rings. The predicted octanol–water partition coefficient (Wildman–Crippen LogP) is 4.25. The Morgan fingerprint density at radius 1 is 1.00 bits per heavy atom. The zero-order chi connectivity index (χ0) is 9.71. The molecule has 0 amide bonds. The van der Waals surface area contributed by atoms with Gasteiger partial charge in [-0.15, -0.1) is 0 Å². The average Bonchev–Trinajstić information content (AvgIpc) is 2.82. The molecule has 2 nitrogen and oxygen atoms in total. The van der Waals surface area contributed by atoms with E-state index in [2.05, 4.69) is 15.9 Å². The van der Waals surface area contributed by atoms with Gasteiger partial charge in [0.15, 0.2) is 0 Å². The smallest absolute Gasteiger partial charge is 0.149 e. The molecule has 0 atom stereocenters. The van der Waals surface area contributed by atoms with Crippen LogP contribution in [0.25, 0.3) is 21.9 Å². The van der Waals surface area contributed by atoms with Gasteiger partial charge in [0.1, 0.15) is 11.2 Å². The Labute approximate surface area is 88.6 Å². The van der Waals surface area contributed by atoms with E-state index in [0.29, 0.717) is 0 Å². The fourth-order valence-electron chi connectivity index (χ4n) is 1.79. The summed E-state index contributed by atoms with van der Waals surface area (Å²) in [6.07, 6.45) is 3.39. The zero-order valence-electron chi connectivity index (χ0n) is 7.50. The van der Waals surface area contributed by atoms with Gasteiger partial charge >= 0.3 is 0 Å². The molecule has 0 N–H and O–H groups in total. The molecule has 3 heteroatoms. The van der Waals surface area contributed by atoms with Crippen LogP contribution in [0, 0.1) is 6.92 Å². The number of benzene rings is 1. The first-order chi connectivity index (χ1) is 6.79. The summed E-state index contributed by atoms with van der Waals surface area (Å²) in [6.45, 7) is 2.04. The highest BCUT2D eigenvalue weighted by Gasteiger charge is 2.13. The molecule has 0 unspecified atom stereocenters. The van der Waals surface area contributed by atoms with Gasteiger partial charge in [-0.3, -0.25) is 0 Å². The summed E-state index contributed by atoms with van der Waals surface area (Å²) in [5, 5.41) is 2.16. The van der Waals surface area contributed by atoms with E-state index in [1.807, 2.05) is 19.1 Å². The molecule has 0 aliphatic heterocycles. The first-order valence-corrected chi connectivity index (χ1v) is 5.11. The lowest BCUT2D eigenvalue weighted by Gasteiger charge is -1.99. The van der Waals surface area contributed by atoms with Gasteiger partial charge in [0, 0.05) is 16.3 Å². The molecular weight excluding hydrogens is 244 g/mol. The Kier molecular flexibility index (Phi) is 1.53. The maximum atomic E-state index is 5.44. The van der Waals surface area contributed by atoms with Gasteiger partial charge in [0.2, 0.25) is 0 Å². The maximum Gasteiger partial charge on any atom is 0.149 e. The van der Waals surface area contributed by atoms with Gasteiger partial charge in [0.05, 0.1) is 17.0 Å². The van der Waals surface area contributed by atoms with Crippen LogP contribution in [-0.2, 0) is 0 Å². The van der Waals surface area contributed by atoms with Crippen LogP contribution in [-0.4, -0.2) is 0 Å². The molecule has 3 rings (SSSR count). The first-order valence-electron chi connectivity index (χ1n) is 4.31. The van der Waals surface area contributed by atoms with Crippen molar-refractivity contribution in [3.63, 3.8) is 0 Å². The fraction of sp³-hybridized carbons (Fsp3) is 0.0909. The van der Waals surface area contributed by atoms with Gasteiger partial charge in [-0.1, -0.05) is 0 Å². The first kappa shape index (κ1) is 8.12. The molecule has 70 valence electrons. The van der Waals surface area contributed by atoms with E-state index in [9.17, 15) is 0 Å². The van der Waals surface area contributed by atoms with Crippen molar-refractivity contribution < 1.29 is 8.83 Å². The molecule has 2 heterocycles. The molecule has 0 fully saturated rings. The highest BCUT2D eigenvalue weighted by Crippen LogP contribution is 2.36. The monoisotopic (exact) mass is 250 g/mol. The summed E-state index contributed by atoms with van der Waals surface area (Å²) in [6, 6.07) is 3.89. The van der Waals surface area contributed by atoms with Gasteiger partial charge in [-0.25, -0.2) is 0 Å². The topological polar surface area (TPSA) is 26.3 Å². The summed E-state index contributed by atoms with van der Waals surface area (Å²) in [7, 11) is 0. The lowest BCUT2D eigenvalue weighted by Crippen LogP contribution is -1.77. The number of rotatable bonds is 0. The van der Waals surface area contributed by atoms with E-state index in [0.717, 1.165) is 32.0 Å². The molecule has 1 aromatic carbocycles. The van der Waals surface area contributed by atoms with E-state index in [4.69, 9.17) is 8.83 Å². The molecule has 3 aromatic rings. The average molecular weight is 251 g/mol. The van der Waals surface area contributed by atoms with E-state index >= 15 is 0 Å². The van der Waals surface area contributed by atoms with Crippen molar-refractivity contribution >= 4 is 37.9 Å². The van der Waals surface area contributed by atoms with Crippen molar-refractivity contribution in [1.29, 1.82) is 0 Å². The lowest BCUT2D eigenvalue weighted by molar-refractivity contribution is 0.609. The summed E-state index contributed by atoms with van der Waals surface area (Å²) >= 11 is 3.52. The second kappa shape index (κ2) is 2.64. The minimum absolute atomic E-state index is 0.886. The number of hydrogen-bond acceptors (Lipinski definition) is 2. The Bertz CT molecular complexity index is 516. The van der Waals surface area contributed by atoms with Crippen LogP contribution in [0.3, 0.4) is 0 Å². The van der Waals surface area contributed by atoms with Crippen LogP contribution in [0.15, 0.2) is 38.0 Å². The summed E-state index contributed by atoms with van der Waals surface area (Å²) < 4.78 is 11.8. The minimum atomic E-state index is 0.886. The normalized spacial score (nSPS) is 11.6. The van der Waals surface area contributed by atoms with E-state index in [1.165, 1.54) is 0 Å². The lowest BCUT2D eigenvalue weighted by atomic mass is 10.1. The van der Waals surface area contributed by atoms with Crippen molar-refractivity contribution in [2.45, 2.75) is 6.92 Å². The Hall–Kier alpha value is -1.22. The standard InChI is InChI=1S/C11H7BrO2/c1-6-7-2-4-14-11(7)9(12)8-3-5-13-10(6)8/h2-5H,1H3. The summed E-state index contributed by atoms with van der Waals surface area (Å²) in [4.78, 5) is 0. The van der Waals surface area contributed by atoms with Gasteiger partial charge in [-0.05, 0) is 35.0 Å². The van der Waals surface area contributed by atoms with E-state index in [-0.39, 0.29) is 0 Å². The predicted molar refractivity (Wildman–Crippen MR) is 58.4 cm³/mol. The second-order valence-corrected chi connectivity index (χ2v) is 4.06. The Morgan fingerprint density at radius 2 is 1.64 bits per heavy atom. The minimum Gasteiger partial charge on any atom is -0.464 e.